The predicted molar refractivity (Wildman–Crippen MR) is 69.3 cm³/mol. The molecule has 0 aliphatic rings. The minimum atomic E-state index is -0.577. The van der Waals surface area contributed by atoms with Crippen molar-refractivity contribution in [1.29, 1.82) is 0 Å². The summed E-state index contributed by atoms with van der Waals surface area (Å²) in [6.07, 6.45) is 0. The molecule has 0 aliphatic carbocycles. The minimum absolute atomic E-state index is 0.000718. The van der Waals surface area contributed by atoms with Crippen LogP contribution >= 0.6 is 11.6 Å². The third-order valence-corrected chi connectivity index (χ3v) is 2.48. The molecule has 0 radical (unpaired) electrons. The van der Waals surface area contributed by atoms with E-state index in [-0.39, 0.29) is 11.6 Å². The van der Waals surface area contributed by atoms with Gasteiger partial charge in [0.2, 0.25) is 0 Å². The summed E-state index contributed by atoms with van der Waals surface area (Å²) in [7, 11) is 1.60. The number of rotatable bonds is 5. The molecular weight excluding hydrogens is 242 g/mol. The Balaban J connectivity index is 3.08. The first-order valence-corrected chi connectivity index (χ1v) is 5.47. The zero-order valence-electron chi connectivity index (χ0n) is 9.79. The van der Waals surface area contributed by atoms with Crippen LogP contribution in [0.1, 0.15) is 17.3 Å². The molecule has 1 aromatic rings. The molecule has 0 heterocycles. The van der Waals surface area contributed by atoms with Crippen molar-refractivity contribution in [2.45, 2.75) is 13.0 Å². The fraction of sp³-hybridized carbons (Fsp3) is 0.364. The Morgan fingerprint density at radius 3 is 2.76 bits per heavy atom. The highest BCUT2D eigenvalue weighted by molar-refractivity contribution is 6.34. The van der Waals surface area contributed by atoms with E-state index in [9.17, 15) is 4.79 Å². The van der Waals surface area contributed by atoms with Crippen LogP contribution in [0.15, 0.2) is 12.1 Å². The van der Waals surface area contributed by atoms with E-state index in [2.05, 4.69) is 5.32 Å². The van der Waals surface area contributed by atoms with Gasteiger partial charge < -0.3 is 21.5 Å². The van der Waals surface area contributed by atoms with E-state index in [1.807, 2.05) is 6.92 Å². The zero-order chi connectivity index (χ0) is 13.0. The highest BCUT2D eigenvalue weighted by Crippen LogP contribution is 2.29. The summed E-state index contributed by atoms with van der Waals surface area (Å²) in [5.74, 6) is -0.577. The minimum Gasteiger partial charge on any atom is -0.399 e. The van der Waals surface area contributed by atoms with Crippen molar-refractivity contribution in [1.82, 2.24) is 0 Å². The summed E-state index contributed by atoms with van der Waals surface area (Å²) in [5.41, 5.74) is 12.0. The molecule has 1 atom stereocenters. The molecule has 0 aromatic heterocycles. The van der Waals surface area contributed by atoms with E-state index in [1.165, 1.54) is 6.07 Å². The summed E-state index contributed by atoms with van der Waals surface area (Å²) in [6.45, 7) is 2.39. The van der Waals surface area contributed by atoms with Gasteiger partial charge in [0, 0.05) is 18.8 Å². The molecule has 1 unspecified atom stereocenters. The van der Waals surface area contributed by atoms with Crippen LogP contribution in [0.4, 0.5) is 11.4 Å². The monoisotopic (exact) mass is 257 g/mol. The number of primary amides is 1. The van der Waals surface area contributed by atoms with Crippen LogP contribution in [0, 0.1) is 0 Å². The average molecular weight is 258 g/mol. The van der Waals surface area contributed by atoms with Gasteiger partial charge in [0.15, 0.2) is 0 Å². The molecule has 5 nitrogen and oxygen atoms in total. The number of halogens is 1. The Kier molecular flexibility index (Phi) is 4.60. The molecule has 5 N–H and O–H groups in total. The molecule has 0 fully saturated rings. The smallest absolute Gasteiger partial charge is 0.250 e. The fourth-order valence-electron chi connectivity index (χ4n) is 1.51. The van der Waals surface area contributed by atoms with Gasteiger partial charge >= 0.3 is 0 Å². The maximum atomic E-state index is 11.3. The van der Waals surface area contributed by atoms with E-state index >= 15 is 0 Å². The van der Waals surface area contributed by atoms with Gasteiger partial charge in [-0.3, -0.25) is 4.79 Å². The van der Waals surface area contributed by atoms with Gasteiger partial charge in [-0.05, 0) is 19.1 Å². The van der Waals surface area contributed by atoms with Crippen LogP contribution in [0.3, 0.4) is 0 Å². The summed E-state index contributed by atoms with van der Waals surface area (Å²) >= 11 is 6.03. The number of nitrogens with one attached hydrogen (secondary N) is 1. The van der Waals surface area contributed by atoms with E-state index in [1.54, 1.807) is 13.2 Å². The van der Waals surface area contributed by atoms with E-state index < -0.39 is 5.91 Å². The number of anilines is 2. The summed E-state index contributed by atoms with van der Waals surface area (Å²) in [4.78, 5) is 11.3. The molecule has 0 saturated heterocycles. The molecule has 0 aliphatic heterocycles. The Morgan fingerprint density at radius 1 is 1.59 bits per heavy atom. The Bertz CT molecular complexity index is 423. The normalized spacial score (nSPS) is 12.2. The first-order valence-electron chi connectivity index (χ1n) is 5.10. The van der Waals surface area contributed by atoms with Gasteiger partial charge in [-0.1, -0.05) is 11.6 Å². The quantitative estimate of drug-likeness (QED) is 0.697. The first kappa shape index (κ1) is 13.6. The number of nitrogen functional groups attached to an aromatic ring is 1. The predicted octanol–water partition coefficient (Wildman–Crippen LogP) is 1.47. The molecule has 1 rings (SSSR count). The number of nitrogens with two attached hydrogens (primary N) is 2. The molecule has 1 amide bonds. The summed E-state index contributed by atoms with van der Waals surface area (Å²) < 4.78 is 4.99. The first-order chi connectivity index (χ1) is 7.95. The third-order valence-electron chi connectivity index (χ3n) is 2.19. The Morgan fingerprint density at radius 2 is 2.24 bits per heavy atom. The lowest BCUT2D eigenvalue weighted by Gasteiger charge is -2.18. The van der Waals surface area contributed by atoms with Crippen LogP contribution in [0.25, 0.3) is 0 Å². The largest absolute Gasteiger partial charge is 0.399 e. The number of hydrogen-bond donors (Lipinski definition) is 3. The Labute approximate surface area is 105 Å². The van der Waals surface area contributed by atoms with E-state index in [4.69, 9.17) is 27.8 Å². The van der Waals surface area contributed by atoms with Crippen molar-refractivity contribution < 1.29 is 9.53 Å². The molecule has 1 aromatic carbocycles. The lowest BCUT2D eigenvalue weighted by molar-refractivity contribution is 0.100. The van der Waals surface area contributed by atoms with Crippen LogP contribution in [0.5, 0.6) is 0 Å². The standard InChI is InChI=1S/C11H16ClN3O2/c1-6(5-17-2)15-10-8(11(14)16)3-7(13)4-9(10)12/h3-4,6,15H,5,13H2,1-2H3,(H2,14,16). The average Bonchev–Trinajstić information content (AvgIpc) is 2.21. The Hall–Kier alpha value is -1.46. The molecule has 0 bridgehead atoms. The molecular formula is C11H16ClN3O2. The zero-order valence-corrected chi connectivity index (χ0v) is 10.5. The van der Waals surface area contributed by atoms with Crippen molar-refractivity contribution in [3.63, 3.8) is 0 Å². The molecule has 94 valence electrons. The lowest BCUT2D eigenvalue weighted by Crippen LogP contribution is -2.24. The second kappa shape index (κ2) is 5.75. The van der Waals surface area contributed by atoms with Crippen molar-refractivity contribution in [2.75, 3.05) is 24.8 Å². The van der Waals surface area contributed by atoms with E-state index in [0.29, 0.717) is 23.0 Å². The number of carbonyl (C=O) groups is 1. The second-order valence-electron chi connectivity index (χ2n) is 3.79. The number of amides is 1. The van der Waals surface area contributed by atoms with Crippen LogP contribution in [-0.4, -0.2) is 25.7 Å². The summed E-state index contributed by atoms with van der Waals surface area (Å²) in [5, 5.41) is 3.44. The van der Waals surface area contributed by atoms with Gasteiger partial charge in [0.1, 0.15) is 0 Å². The van der Waals surface area contributed by atoms with Crippen molar-refractivity contribution in [3.05, 3.63) is 22.7 Å². The van der Waals surface area contributed by atoms with Gasteiger partial charge in [-0.15, -0.1) is 0 Å². The number of hydrogen-bond acceptors (Lipinski definition) is 4. The molecule has 0 spiro atoms. The highest BCUT2D eigenvalue weighted by Gasteiger charge is 2.15. The number of benzene rings is 1. The van der Waals surface area contributed by atoms with Crippen LogP contribution in [0.2, 0.25) is 5.02 Å². The van der Waals surface area contributed by atoms with Crippen LogP contribution in [-0.2, 0) is 4.74 Å². The topological polar surface area (TPSA) is 90.4 Å². The number of carbonyl (C=O) groups excluding carboxylic acids is 1. The van der Waals surface area contributed by atoms with Gasteiger partial charge in [0.05, 0.1) is 22.9 Å². The number of ether oxygens (including phenoxy) is 1. The SMILES string of the molecule is COCC(C)Nc1c(Cl)cc(N)cc1C(N)=O. The molecule has 6 heteroatoms. The fourth-order valence-corrected chi connectivity index (χ4v) is 1.79. The lowest BCUT2D eigenvalue weighted by atomic mass is 10.1. The van der Waals surface area contributed by atoms with E-state index in [0.717, 1.165) is 0 Å². The maximum absolute atomic E-state index is 11.3. The highest BCUT2D eigenvalue weighted by atomic mass is 35.5. The third kappa shape index (κ3) is 3.51. The number of methoxy groups -OCH3 is 1. The van der Waals surface area contributed by atoms with Gasteiger partial charge in [-0.2, -0.15) is 0 Å². The van der Waals surface area contributed by atoms with Crippen LogP contribution < -0.4 is 16.8 Å². The van der Waals surface area contributed by atoms with Crippen molar-refractivity contribution in [3.8, 4) is 0 Å². The molecule has 17 heavy (non-hydrogen) atoms. The maximum Gasteiger partial charge on any atom is 0.250 e. The van der Waals surface area contributed by atoms with Crippen molar-refractivity contribution in [2.24, 2.45) is 5.73 Å². The molecule has 0 saturated carbocycles. The summed E-state index contributed by atoms with van der Waals surface area (Å²) in [6, 6.07) is 3.06. The van der Waals surface area contributed by atoms with Gasteiger partial charge in [0.25, 0.3) is 5.91 Å². The van der Waals surface area contributed by atoms with Gasteiger partial charge in [-0.25, -0.2) is 0 Å². The van der Waals surface area contributed by atoms with Crippen molar-refractivity contribution >= 4 is 28.9 Å². The second-order valence-corrected chi connectivity index (χ2v) is 4.20.